The molecule has 1 saturated carbocycles. The molecule has 3 heteroatoms. The summed E-state index contributed by atoms with van der Waals surface area (Å²) in [5.41, 5.74) is 8.13. The highest BCUT2D eigenvalue weighted by Crippen LogP contribution is 2.40. The standard InChI is InChI=1S/C19H32N2O/c1-14-6-5-7-18(15(14)2)16-9-11-17(12-10-16)21-19(22)8-3-4-13-20/h9,11,14-15,18H,3-8,10,12-13,20H2,1-2H3,(H,21,22). The summed E-state index contributed by atoms with van der Waals surface area (Å²) in [4.78, 5) is 11.9. The second kappa shape index (κ2) is 8.52. The van der Waals surface area contributed by atoms with E-state index in [0.717, 1.165) is 49.1 Å². The number of carbonyl (C=O) groups excluding carboxylic acids is 1. The van der Waals surface area contributed by atoms with Crippen molar-refractivity contribution in [2.75, 3.05) is 6.54 Å². The fourth-order valence-electron chi connectivity index (χ4n) is 3.84. The van der Waals surface area contributed by atoms with Gasteiger partial charge in [-0.25, -0.2) is 0 Å². The molecule has 22 heavy (non-hydrogen) atoms. The summed E-state index contributed by atoms with van der Waals surface area (Å²) >= 11 is 0. The van der Waals surface area contributed by atoms with Crippen molar-refractivity contribution >= 4 is 5.91 Å². The largest absolute Gasteiger partial charge is 0.330 e. The summed E-state index contributed by atoms with van der Waals surface area (Å²) in [7, 11) is 0. The Kier molecular flexibility index (Phi) is 6.69. The van der Waals surface area contributed by atoms with E-state index in [-0.39, 0.29) is 5.91 Å². The molecule has 3 N–H and O–H groups in total. The minimum Gasteiger partial charge on any atom is -0.330 e. The van der Waals surface area contributed by atoms with Crippen LogP contribution in [0.3, 0.4) is 0 Å². The zero-order valence-electron chi connectivity index (χ0n) is 14.2. The van der Waals surface area contributed by atoms with Crippen molar-refractivity contribution in [1.29, 1.82) is 0 Å². The van der Waals surface area contributed by atoms with Crippen LogP contribution >= 0.6 is 0 Å². The van der Waals surface area contributed by atoms with Crippen LogP contribution in [-0.4, -0.2) is 12.5 Å². The molecule has 1 fully saturated rings. The van der Waals surface area contributed by atoms with Crippen LogP contribution in [0.25, 0.3) is 0 Å². The fraction of sp³-hybridized carbons (Fsp3) is 0.737. The molecule has 0 bridgehead atoms. The van der Waals surface area contributed by atoms with Gasteiger partial charge in [-0.2, -0.15) is 0 Å². The van der Waals surface area contributed by atoms with Gasteiger partial charge in [0, 0.05) is 12.1 Å². The molecule has 0 aromatic heterocycles. The van der Waals surface area contributed by atoms with Crippen molar-refractivity contribution in [3.05, 3.63) is 23.4 Å². The molecule has 3 unspecified atom stereocenters. The Morgan fingerprint density at radius 2 is 2.05 bits per heavy atom. The third-order valence-corrected chi connectivity index (χ3v) is 5.52. The normalized spacial score (nSPS) is 28.8. The summed E-state index contributed by atoms with van der Waals surface area (Å²) in [5, 5.41) is 3.06. The zero-order valence-corrected chi connectivity index (χ0v) is 14.2. The molecule has 0 radical (unpaired) electrons. The number of hydrogen-bond acceptors (Lipinski definition) is 2. The Morgan fingerprint density at radius 3 is 2.73 bits per heavy atom. The van der Waals surface area contributed by atoms with E-state index in [1.165, 1.54) is 19.3 Å². The average Bonchev–Trinajstić information content (AvgIpc) is 2.51. The molecule has 0 spiro atoms. The first-order valence-electron chi connectivity index (χ1n) is 9.01. The lowest BCUT2D eigenvalue weighted by atomic mass is 9.69. The number of nitrogens with two attached hydrogens (primary N) is 1. The lowest BCUT2D eigenvalue weighted by Crippen LogP contribution is -2.27. The maximum absolute atomic E-state index is 11.9. The molecule has 1 amide bonds. The quantitative estimate of drug-likeness (QED) is 0.731. The Morgan fingerprint density at radius 1 is 1.23 bits per heavy atom. The van der Waals surface area contributed by atoms with Crippen molar-refractivity contribution in [3.63, 3.8) is 0 Å². The van der Waals surface area contributed by atoms with Gasteiger partial charge < -0.3 is 11.1 Å². The van der Waals surface area contributed by atoms with E-state index in [0.29, 0.717) is 13.0 Å². The first kappa shape index (κ1) is 17.3. The second-order valence-electron chi connectivity index (χ2n) is 7.10. The van der Waals surface area contributed by atoms with Crippen LogP contribution in [0, 0.1) is 17.8 Å². The van der Waals surface area contributed by atoms with Gasteiger partial charge in [-0.1, -0.05) is 38.3 Å². The van der Waals surface area contributed by atoms with Crippen molar-refractivity contribution in [3.8, 4) is 0 Å². The minimum atomic E-state index is 0.135. The summed E-state index contributed by atoms with van der Waals surface area (Å²) in [5.74, 6) is 2.52. The minimum absolute atomic E-state index is 0.135. The van der Waals surface area contributed by atoms with Crippen LogP contribution in [-0.2, 0) is 4.79 Å². The van der Waals surface area contributed by atoms with Gasteiger partial charge in [0.05, 0.1) is 0 Å². The highest BCUT2D eigenvalue weighted by molar-refractivity contribution is 5.77. The predicted octanol–water partition coefficient (Wildman–Crippen LogP) is 3.91. The second-order valence-corrected chi connectivity index (χ2v) is 7.10. The van der Waals surface area contributed by atoms with E-state index in [4.69, 9.17) is 5.73 Å². The van der Waals surface area contributed by atoms with Crippen molar-refractivity contribution < 1.29 is 4.79 Å². The van der Waals surface area contributed by atoms with E-state index < -0.39 is 0 Å². The van der Waals surface area contributed by atoms with E-state index in [1.54, 1.807) is 5.57 Å². The van der Waals surface area contributed by atoms with Gasteiger partial charge in [0.2, 0.25) is 5.91 Å². The molecule has 0 saturated heterocycles. The molecule has 0 aliphatic heterocycles. The Bertz CT molecular complexity index is 439. The molecule has 0 heterocycles. The molecule has 2 aliphatic carbocycles. The highest BCUT2D eigenvalue weighted by atomic mass is 16.1. The predicted molar refractivity (Wildman–Crippen MR) is 92.1 cm³/mol. The monoisotopic (exact) mass is 304 g/mol. The number of hydrogen-bond donors (Lipinski definition) is 2. The van der Waals surface area contributed by atoms with Crippen molar-refractivity contribution in [1.82, 2.24) is 5.32 Å². The highest BCUT2D eigenvalue weighted by Gasteiger charge is 2.29. The summed E-state index contributed by atoms with van der Waals surface area (Å²) in [6.07, 6.45) is 13.0. The molecule has 3 atom stereocenters. The van der Waals surface area contributed by atoms with Crippen LogP contribution in [0.2, 0.25) is 0 Å². The fourth-order valence-corrected chi connectivity index (χ4v) is 3.84. The van der Waals surface area contributed by atoms with Crippen molar-refractivity contribution in [2.45, 2.75) is 65.2 Å². The maximum atomic E-state index is 11.9. The van der Waals surface area contributed by atoms with Gasteiger partial charge in [-0.15, -0.1) is 0 Å². The van der Waals surface area contributed by atoms with Gasteiger partial charge in [0.1, 0.15) is 0 Å². The van der Waals surface area contributed by atoms with Gasteiger partial charge in [-0.05, 0) is 62.5 Å². The maximum Gasteiger partial charge on any atom is 0.224 e. The van der Waals surface area contributed by atoms with E-state index >= 15 is 0 Å². The van der Waals surface area contributed by atoms with Gasteiger partial charge >= 0.3 is 0 Å². The number of carbonyl (C=O) groups is 1. The number of unbranched alkanes of at least 4 members (excludes halogenated alkanes) is 1. The SMILES string of the molecule is CC1CCCC(C2=CC=C(NC(=O)CCCCN)CC2)C1C. The molecule has 0 aromatic rings. The third-order valence-electron chi connectivity index (χ3n) is 5.52. The van der Waals surface area contributed by atoms with E-state index in [9.17, 15) is 4.79 Å². The van der Waals surface area contributed by atoms with Crippen molar-refractivity contribution in [2.24, 2.45) is 23.5 Å². The molecule has 0 aromatic carbocycles. The van der Waals surface area contributed by atoms with E-state index in [2.05, 4.69) is 31.3 Å². The molecule has 3 nitrogen and oxygen atoms in total. The molecular weight excluding hydrogens is 272 g/mol. The zero-order chi connectivity index (χ0) is 15.9. The molecule has 124 valence electrons. The average molecular weight is 304 g/mol. The molecular formula is C19H32N2O. The topological polar surface area (TPSA) is 55.1 Å². The Labute approximate surface area is 135 Å². The van der Waals surface area contributed by atoms with Crippen LogP contribution in [0.15, 0.2) is 23.4 Å². The van der Waals surface area contributed by atoms with Gasteiger partial charge in [0.25, 0.3) is 0 Å². The smallest absolute Gasteiger partial charge is 0.224 e. The summed E-state index contributed by atoms with van der Waals surface area (Å²) in [6.45, 7) is 5.47. The van der Waals surface area contributed by atoms with Crippen LogP contribution < -0.4 is 11.1 Å². The molecule has 2 aliphatic rings. The number of amides is 1. The van der Waals surface area contributed by atoms with Crippen LogP contribution in [0.1, 0.15) is 65.2 Å². The number of nitrogens with one attached hydrogen (secondary N) is 1. The van der Waals surface area contributed by atoms with Crippen LogP contribution in [0.4, 0.5) is 0 Å². The first-order chi connectivity index (χ1) is 10.6. The summed E-state index contributed by atoms with van der Waals surface area (Å²) in [6, 6.07) is 0. The number of allylic oxidation sites excluding steroid dienone is 4. The van der Waals surface area contributed by atoms with Crippen LogP contribution in [0.5, 0.6) is 0 Å². The first-order valence-corrected chi connectivity index (χ1v) is 9.01. The Balaban J connectivity index is 1.87. The van der Waals surface area contributed by atoms with Gasteiger partial charge in [-0.3, -0.25) is 4.79 Å². The summed E-state index contributed by atoms with van der Waals surface area (Å²) < 4.78 is 0. The Hall–Kier alpha value is -1.09. The van der Waals surface area contributed by atoms with Gasteiger partial charge in [0.15, 0.2) is 0 Å². The lowest BCUT2D eigenvalue weighted by Gasteiger charge is -2.36. The lowest BCUT2D eigenvalue weighted by molar-refractivity contribution is -0.120. The number of rotatable bonds is 6. The molecule has 2 rings (SSSR count). The van der Waals surface area contributed by atoms with E-state index in [1.807, 2.05) is 0 Å². The third kappa shape index (κ3) is 4.70.